The molecule has 0 radical (unpaired) electrons. The average Bonchev–Trinajstić information content (AvgIpc) is 2.10. The number of hydrogen-bond donors (Lipinski definition) is 1. The van der Waals surface area contributed by atoms with Crippen molar-refractivity contribution in [3.8, 4) is 11.8 Å². The lowest BCUT2D eigenvalue weighted by Gasteiger charge is -2.10. The molecular formula is C7H3F4N3O. The van der Waals surface area contributed by atoms with Crippen LogP contribution in [0.3, 0.4) is 0 Å². The van der Waals surface area contributed by atoms with Gasteiger partial charge in [-0.3, -0.25) is 0 Å². The van der Waals surface area contributed by atoms with E-state index in [9.17, 15) is 17.6 Å². The van der Waals surface area contributed by atoms with Crippen LogP contribution in [0, 0.1) is 17.3 Å². The summed E-state index contributed by atoms with van der Waals surface area (Å²) < 4.78 is 51.5. The minimum atomic E-state index is -5.01. The number of halogens is 4. The van der Waals surface area contributed by atoms with Crippen molar-refractivity contribution in [2.24, 2.45) is 0 Å². The molecule has 0 aliphatic rings. The molecule has 0 unspecified atom stereocenters. The lowest BCUT2D eigenvalue weighted by molar-refractivity contribution is -0.274. The second-order valence-electron chi connectivity index (χ2n) is 2.37. The van der Waals surface area contributed by atoms with E-state index in [-0.39, 0.29) is 0 Å². The molecule has 1 aromatic rings. The standard InChI is InChI=1S/C7H3F4N3O/c8-6-5(13)4(15-7(9,10)11)1-3(2-12)14-6/h1H,13H2. The molecule has 0 amide bonds. The number of ether oxygens (including phenoxy) is 1. The Hall–Kier alpha value is -2.04. The number of nitrogen functional groups attached to an aromatic ring is 1. The predicted octanol–water partition coefficient (Wildman–Crippen LogP) is 1.57. The van der Waals surface area contributed by atoms with Crippen molar-refractivity contribution in [2.75, 3.05) is 5.73 Å². The Labute approximate surface area is 80.9 Å². The summed E-state index contributed by atoms with van der Waals surface area (Å²) in [6, 6.07) is 1.97. The van der Waals surface area contributed by atoms with Crippen LogP contribution < -0.4 is 10.5 Å². The van der Waals surface area contributed by atoms with Crippen molar-refractivity contribution in [1.82, 2.24) is 4.98 Å². The van der Waals surface area contributed by atoms with E-state index >= 15 is 0 Å². The third kappa shape index (κ3) is 2.70. The fourth-order valence-electron chi connectivity index (χ4n) is 0.768. The number of rotatable bonds is 1. The Morgan fingerprint density at radius 1 is 1.47 bits per heavy atom. The molecule has 15 heavy (non-hydrogen) atoms. The first-order valence-corrected chi connectivity index (χ1v) is 3.45. The van der Waals surface area contributed by atoms with E-state index in [2.05, 4.69) is 9.72 Å². The van der Waals surface area contributed by atoms with E-state index in [0.29, 0.717) is 6.07 Å². The SMILES string of the molecule is N#Cc1cc(OC(F)(F)F)c(N)c(F)n1. The molecule has 4 nitrogen and oxygen atoms in total. The van der Waals surface area contributed by atoms with Crippen LogP contribution >= 0.6 is 0 Å². The van der Waals surface area contributed by atoms with Gasteiger partial charge >= 0.3 is 6.36 Å². The normalized spacial score (nSPS) is 10.9. The third-order valence-electron chi connectivity index (χ3n) is 1.31. The number of nitriles is 1. The summed E-state index contributed by atoms with van der Waals surface area (Å²) in [5.74, 6) is -2.36. The molecule has 1 heterocycles. The number of alkyl halides is 3. The Kier molecular flexibility index (Phi) is 2.65. The molecule has 8 heteroatoms. The highest BCUT2D eigenvalue weighted by atomic mass is 19.4. The van der Waals surface area contributed by atoms with E-state index in [1.54, 1.807) is 0 Å². The highest BCUT2D eigenvalue weighted by Gasteiger charge is 2.32. The van der Waals surface area contributed by atoms with Crippen LogP contribution in [0.2, 0.25) is 0 Å². The van der Waals surface area contributed by atoms with Crippen molar-refractivity contribution < 1.29 is 22.3 Å². The summed E-state index contributed by atoms with van der Waals surface area (Å²) in [5, 5.41) is 8.32. The van der Waals surface area contributed by atoms with Crippen LogP contribution in [0.5, 0.6) is 5.75 Å². The average molecular weight is 221 g/mol. The van der Waals surface area contributed by atoms with Gasteiger partial charge in [-0.1, -0.05) is 0 Å². The molecule has 80 valence electrons. The maximum absolute atomic E-state index is 12.8. The van der Waals surface area contributed by atoms with Gasteiger partial charge < -0.3 is 10.5 Å². The number of hydrogen-bond acceptors (Lipinski definition) is 4. The van der Waals surface area contributed by atoms with Crippen LogP contribution in [0.1, 0.15) is 5.69 Å². The number of pyridine rings is 1. The Morgan fingerprint density at radius 2 is 2.07 bits per heavy atom. The van der Waals surface area contributed by atoms with E-state index in [1.165, 1.54) is 6.07 Å². The van der Waals surface area contributed by atoms with Gasteiger partial charge in [0, 0.05) is 6.07 Å². The van der Waals surface area contributed by atoms with E-state index < -0.39 is 29.4 Å². The molecule has 2 N–H and O–H groups in total. The van der Waals surface area contributed by atoms with E-state index in [4.69, 9.17) is 11.0 Å². The number of aromatic nitrogens is 1. The van der Waals surface area contributed by atoms with Crippen LogP contribution in [0.15, 0.2) is 6.07 Å². The molecule has 1 aromatic heterocycles. The summed E-state index contributed by atoms with van der Waals surface area (Å²) in [7, 11) is 0. The smallest absolute Gasteiger partial charge is 0.403 e. The molecule has 1 rings (SSSR count). The molecule has 0 bridgehead atoms. The van der Waals surface area contributed by atoms with Crippen molar-refractivity contribution in [3.63, 3.8) is 0 Å². The summed E-state index contributed by atoms with van der Waals surface area (Å²) in [6.45, 7) is 0. The molecule has 0 fully saturated rings. The Morgan fingerprint density at radius 3 is 2.53 bits per heavy atom. The topological polar surface area (TPSA) is 71.9 Å². The summed E-state index contributed by atoms with van der Waals surface area (Å²) in [5.41, 5.74) is 3.49. The largest absolute Gasteiger partial charge is 0.573 e. The first-order valence-electron chi connectivity index (χ1n) is 3.45. The van der Waals surface area contributed by atoms with Crippen molar-refractivity contribution >= 4 is 5.69 Å². The zero-order valence-electron chi connectivity index (χ0n) is 6.97. The molecule has 0 atom stereocenters. The number of nitrogens with zero attached hydrogens (tertiary/aromatic N) is 2. The van der Waals surface area contributed by atoms with Crippen LogP contribution in [-0.4, -0.2) is 11.3 Å². The summed E-state index contributed by atoms with van der Waals surface area (Å²) >= 11 is 0. The maximum atomic E-state index is 12.8. The van der Waals surface area contributed by atoms with Crippen molar-refractivity contribution in [1.29, 1.82) is 5.26 Å². The molecule has 0 aliphatic heterocycles. The second kappa shape index (κ2) is 3.61. The predicted molar refractivity (Wildman–Crippen MR) is 40.0 cm³/mol. The fraction of sp³-hybridized carbons (Fsp3) is 0.143. The molecule has 0 spiro atoms. The molecule has 0 saturated heterocycles. The molecular weight excluding hydrogens is 218 g/mol. The van der Waals surface area contributed by atoms with Gasteiger partial charge in [0.1, 0.15) is 17.5 Å². The zero-order valence-corrected chi connectivity index (χ0v) is 6.97. The van der Waals surface area contributed by atoms with Crippen molar-refractivity contribution in [3.05, 3.63) is 17.7 Å². The second-order valence-corrected chi connectivity index (χ2v) is 2.37. The van der Waals surface area contributed by atoms with Gasteiger partial charge in [-0.05, 0) is 0 Å². The van der Waals surface area contributed by atoms with Gasteiger partial charge in [0.2, 0.25) is 5.95 Å². The first kappa shape index (κ1) is 11.0. The highest BCUT2D eigenvalue weighted by Crippen LogP contribution is 2.29. The minimum Gasteiger partial charge on any atom is -0.403 e. The number of nitrogens with two attached hydrogens (primary N) is 1. The van der Waals surface area contributed by atoms with Crippen LogP contribution in [-0.2, 0) is 0 Å². The van der Waals surface area contributed by atoms with Crippen LogP contribution in [0.4, 0.5) is 23.2 Å². The van der Waals surface area contributed by atoms with Crippen molar-refractivity contribution in [2.45, 2.75) is 6.36 Å². The monoisotopic (exact) mass is 221 g/mol. The van der Waals surface area contributed by atoms with Gasteiger partial charge in [0.25, 0.3) is 0 Å². The first-order chi connectivity index (χ1) is 6.83. The van der Waals surface area contributed by atoms with E-state index in [0.717, 1.165) is 0 Å². The maximum Gasteiger partial charge on any atom is 0.573 e. The number of anilines is 1. The summed E-state index contributed by atoms with van der Waals surface area (Å²) in [6.07, 6.45) is -5.01. The molecule has 0 aliphatic carbocycles. The lowest BCUT2D eigenvalue weighted by atomic mass is 10.3. The van der Waals surface area contributed by atoms with Gasteiger partial charge in [0.15, 0.2) is 5.75 Å². The van der Waals surface area contributed by atoms with Gasteiger partial charge in [-0.2, -0.15) is 9.65 Å². The fourth-order valence-corrected chi connectivity index (χ4v) is 0.768. The lowest BCUT2D eigenvalue weighted by Crippen LogP contribution is -2.18. The molecule has 0 saturated carbocycles. The highest BCUT2D eigenvalue weighted by molar-refractivity contribution is 5.53. The zero-order chi connectivity index (χ0) is 11.6. The third-order valence-corrected chi connectivity index (χ3v) is 1.31. The Balaban J connectivity index is 3.18. The molecule has 0 aromatic carbocycles. The summed E-state index contributed by atoms with van der Waals surface area (Å²) in [4.78, 5) is 2.98. The van der Waals surface area contributed by atoms with Gasteiger partial charge in [0.05, 0.1) is 0 Å². The van der Waals surface area contributed by atoms with Crippen LogP contribution in [0.25, 0.3) is 0 Å². The van der Waals surface area contributed by atoms with Gasteiger partial charge in [-0.15, -0.1) is 13.2 Å². The van der Waals surface area contributed by atoms with E-state index in [1.807, 2.05) is 0 Å². The minimum absolute atomic E-state index is 0.555. The van der Waals surface area contributed by atoms with Gasteiger partial charge in [-0.25, -0.2) is 4.98 Å². The Bertz CT molecular complexity index is 423. The quantitative estimate of drug-likeness (QED) is 0.577.